The summed E-state index contributed by atoms with van der Waals surface area (Å²) >= 11 is 0. The molecule has 0 fully saturated rings. The fourth-order valence-corrected chi connectivity index (χ4v) is 2.20. The number of ether oxygens (including phenoxy) is 3. The summed E-state index contributed by atoms with van der Waals surface area (Å²) in [7, 11) is 3.09. The van der Waals surface area contributed by atoms with Crippen molar-refractivity contribution in [3.05, 3.63) is 47.5 Å². The van der Waals surface area contributed by atoms with E-state index in [0.717, 1.165) is 11.1 Å². The normalized spacial score (nSPS) is 10.7. The highest BCUT2D eigenvalue weighted by Crippen LogP contribution is 2.26. The van der Waals surface area contributed by atoms with E-state index >= 15 is 0 Å². The Morgan fingerprint density at radius 2 is 1.57 bits per heavy atom. The summed E-state index contributed by atoms with van der Waals surface area (Å²) in [6, 6.07) is 10.7. The van der Waals surface area contributed by atoms with Crippen molar-refractivity contribution in [1.29, 1.82) is 0 Å². The van der Waals surface area contributed by atoms with Crippen LogP contribution in [0.5, 0.6) is 17.2 Å². The molecule has 0 aliphatic carbocycles. The lowest BCUT2D eigenvalue weighted by atomic mass is 9.78. The van der Waals surface area contributed by atoms with Crippen molar-refractivity contribution in [2.75, 3.05) is 21.3 Å². The van der Waals surface area contributed by atoms with Crippen molar-refractivity contribution in [3.8, 4) is 17.2 Å². The molecule has 0 heterocycles. The maximum atomic E-state index is 9.40. The zero-order chi connectivity index (χ0) is 16.8. The largest absolute Gasteiger partial charge is 0.497 e. The van der Waals surface area contributed by atoms with Gasteiger partial charge in [0.05, 0.1) is 21.3 Å². The Morgan fingerprint density at radius 1 is 0.826 bits per heavy atom. The quantitative estimate of drug-likeness (QED) is 0.626. The molecule has 2 aromatic carbocycles. The SMILES string of the molecule is COc1ccc(/C=C/c2ccc(OC)c(B(O)O)c2)c(OC)c1. The first-order valence-electron chi connectivity index (χ1n) is 7.03. The van der Waals surface area contributed by atoms with Gasteiger partial charge in [-0.15, -0.1) is 0 Å². The monoisotopic (exact) mass is 314 g/mol. The second kappa shape index (κ2) is 7.71. The molecule has 23 heavy (non-hydrogen) atoms. The standard InChI is InChI=1S/C17H19BO5/c1-21-14-8-7-13(17(11-14)23-3)6-4-12-5-9-16(22-2)15(10-12)18(19)20/h4-11,19-20H,1-3H3/b6-4+. The van der Waals surface area contributed by atoms with Gasteiger partial charge in [0.1, 0.15) is 17.2 Å². The van der Waals surface area contributed by atoms with Crippen LogP contribution in [0.15, 0.2) is 36.4 Å². The first-order chi connectivity index (χ1) is 11.1. The van der Waals surface area contributed by atoms with Crippen molar-refractivity contribution in [1.82, 2.24) is 0 Å². The molecule has 0 saturated carbocycles. The summed E-state index contributed by atoms with van der Waals surface area (Å²) in [6.45, 7) is 0. The van der Waals surface area contributed by atoms with Crippen molar-refractivity contribution >= 4 is 24.7 Å². The lowest BCUT2D eigenvalue weighted by Crippen LogP contribution is -2.31. The van der Waals surface area contributed by atoms with Gasteiger partial charge in [0.25, 0.3) is 0 Å². The molecule has 6 heteroatoms. The first kappa shape index (κ1) is 16.9. The number of benzene rings is 2. The minimum atomic E-state index is -1.59. The molecule has 0 radical (unpaired) electrons. The van der Waals surface area contributed by atoms with E-state index in [2.05, 4.69) is 0 Å². The predicted molar refractivity (Wildman–Crippen MR) is 91.3 cm³/mol. The summed E-state index contributed by atoms with van der Waals surface area (Å²) in [4.78, 5) is 0. The van der Waals surface area contributed by atoms with Crippen LogP contribution in [0.1, 0.15) is 11.1 Å². The van der Waals surface area contributed by atoms with Crippen LogP contribution >= 0.6 is 0 Å². The van der Waals surface area contributed by atoms with Gasteiger partial charge in [0.15, 0.2) is 0 Å². The number of rotatable bonds is 6. The van der Waals surface area contributed by atoms with Gasteiger partial charge in [-0.2, -0.15) is 0 Å². The van der Waals surface area contributed by atoms with Crippen LogP contribution in [0.4, 0.5) is 0 Å². The van der Waals surface area contributed by atoms with E-state index in [1.165, 1.54) is 7.11 Å². The van der Waals surface area contributed by atoms with Crippen LogP contribution < -0.4 is 19.7 Å². The van der Waals surface area contributed by atoms with Crippen LogP contribution in [-0.2, 0) is 0 Å². The number of methoxy groups -OCH3 is 3. The summed E-state index contributed by atoms with van der Waals surface area (Å²) in [6.07, 6.45) is 3.74. The molecule has 0 aliphatic heterocycles. The van der Waals surface area contributed by atoms with E-state index < -0.39 is 7.12 Å². The molecule has 0 unspecified atom stereocenters. The summed E-state index contributed by atoms with van der Waals surface area (Å²) in [5, 5.41) is 18.8. The minimum absolute atomic E-state index is 0.316. The van der Waals surface area contributed by atoms with Crippen molar-refractivity contribution < 1.29 is 24.3 Å². The molecule has 0 amide bonds. The van der Waals surface area contributed by atoms with Crippen LogP contribution in [0.25, 0.3) is 12.2 Å². The van der Waals surface area contributed by atoms with Crippen molar-refractivity contribution in [2.45, 2.75) is 0 Å². The molecule has 120 valence electrons. The van der Waals surface area contributed by atoms with Crippen molar-refractivity contribution in [3.63, 3.8) is 0 Å². The average Bonchev–Trinajstić information content (AvgIpc) is 2.59. The Morgan fingerprint density at radius 3 is 2.17 bits per heavy atom. The molecule has 5 nitrogen and oxygen atoms in total. The van der Waals surface area contributed by atoms with Crippen LogP contribution in [-0.4, -0.2) is 38.5 Å². The number of hydrogen-bond donors (Lipinski definition) is 2. The van der Waals surface area contributed by atoms with Gasteiger partial charge in [0, 0.05) is 17.1 Å². The van der Waals surface area contributed by atoms with E-state index in [4.69, 9.17) is 14.2 Å². The van der Waals surface area contributed by atoms with E-state index in [1.54, 1.807) is 32.4 Å². The fraction of sp³-hybridized carbons (Fsp3) is 0.176. The number of hydrogen-bond acceptors (Lipinski definition) is 5. The predicted octanol–water partition coefficient (Wildman–Crippen LogP) is 1.56. The lowest BCUT2D eigenvalue weighted by Gasteiger charge is -2.09. The third kappa shape index (κ3) is 4.06. The van der Waals surface area contributed by atoms with E-state index in [1.807, 2.05) is 30.4 Å². The van der Waals surface area contributed by atoms with Gasteiger partial charge >= 0.3 is 7.12 Å². The minimum Gasteiger partial charge on any atom is -0.497 e. The Labute approximate surface area is 135 Å². The Hall–Kier alpha value is -2.44. The zero-order valence-corrected chi connectivity index (χ0v) is 13.3. The molecule has 0 aliphatic rings. The van der Waals surface area contributed by atoms with Gasteiger partial charge in [0.2, 0.25) is 0 Å². The third-order valence-corrected chi connectivity index (χ3v) is 3.43. The second-order valence-electron chi connectivity index (χ2n) is 4.82. The lowest BCUT2D eigenvalue weighted by molar-refractivity contribution is 0.393. The molecule has 2 aromatic rings. The third-order valence-electron chi connectivity index (χ3n) is 3.43. The molecule has 0 bridgehead atoms. The molecule has 0 aromatic heterocycles. The molecule has 0 atom stereocenters. The van der Waals surface area contributed by atoms with Gasteiger partial charge in [-0.3, -0.25) is 0 Å². The van der Waals surface area contributed by atoms with E-state index in [0.29, 0.717) is 22.7 Å². The van der Waals surface area contributed by atoms with Crippen LogP contribution in [0.2, 0.25) is 0 Å². The topological polar surface area (TPSA) is 68.2 Å². The molecule has 2 N–H and O–H groups in total. The van der Waals surface area contributed by atoms with Crippen LogP contribution in [0.3, 0.4) is 0 Å². The van der Waals surface area contributed by atoms with Crippen LogP contribution in [0, 0.1) is 0 Å². The highest BCUT2D eigenvalue weighted by atomic mass is 16.5. The Balaban J connectivity index is 2.31. The highest BCUT2D eigenvalue weighted by Gasteiger charge is 2.16. The van der Waals surface area contributed by atoms with Gasteiger partial charge in [-0.05, 0) is 23.8 Å². The van der Waals surface area contributed by atoms with Gasteiger partial charge in [-0.1, -0.05) is 24.3 Å². The molecule has 2 rings (SSSR count). The zero-order valence-electron chi connectivity index (χ0n) is 13.3. The van der Waals surface area contributed by atoms with E-state index in [9.17, 15) is 10.0 Å². The average molecular weight is 314 g/mol. The van der Waals surface area contributed by atoms with Gasteiger partial charge < -0.3 is 24.3 Å². The molecular formula is C17H19BO5. The van der Waals surface area contributed by atoms with Crippen molar-refractivity contribution in [2.24, 2.45) is 0 Å². The maximum Gasteiger partial charge on any atom is 0.492 e. The summed E-state index contributed by atoms with van der Waals surface area (Å²) < 4.78 is 15.6. The fourth-order valence-electron chi connectivity index (χ4n) is 2.20. The molecule has 0 saturated heterocycles. The summed E-state index contributed by atoms with van der Waals surface area (Å²) in [5.74, 6) is 1.84. The highest BCUT2D eigenvalue weighted by molar-refractivity contribution is 6.59. The maximum absolute atomic E-state index is 9.40. The first-order valence-corrected chi connectivity index (χ1v) is 7.03. The second-order valence-corrected chi connectivity index (χ2v) is 4.82. The smallest absolute Gasteiger partial charge is 0.492 e. The van der Waals surface area contributed by atoms with Gasteiger partial charge in [-0.25, -0.2) is 0 Å². The molecular weight excluding hydrogens is 295 g/mol. The Kier molecular flexibility index (Phi) is 5.68. The molecule has 0 spiro atoms. The summed E-state index contributed by atoms with van der Waals surface area (Å²) in [5.41, 5.74) is 2.01. The van der Waals surface area contributed by atoms with E-state index in [-0.39, 0.29) is 0 Å². The Bertz CT molecular complexity index is 697.